The van der Waals surface area contributed by atoms with Gasteiger partial charge in [-0.1, -0.05) is 27.2 Å². The first-order chi connectivity index (χ1) is 6.58. The zero-order chi connectivity index (χ0) is 10.6. The van der Waals surface area contributed by atoms with Crippen molar-refractivity contribution in [1.29, 1.82) is 0 Å². The molecule has 0 bridgehead atoms. The zero-order valence-corrected chi connectivity index (χ0v) is 9.60. The molecule has 3 heteroatoms. The lowest BCUT2D eigenvalue weighted by molar-refractivity contribution is -0.141. The minimum atomic E-state index is -0.175. The molecule has 0 aromatic rings. The SMILES string of the molecule is CCCC(C)(C)C(=O)N1CCNCC1. The second kappa shape index (κ2) is 4.78. The highest BCUT2D eigenvalue weighted by Crippen LogP contribution is 2.25. The molecule has 1 fully saturated rings. The van der Waals surface area contributed by atoms with Crippen LogP contribution in [0.5, 0.6) is 0 Å². The van der Waals surface area contributed by atoms with Crippen molar-refractivity contribution < 1.29 is 4.79 Å². The first kappa shape index (κ1) is 11.5. The molecule has 0 radical (unpaired) electrons. The summed E-state index contributed by atoms with van der Waals surface area (Å²) in [6.45, 7) is 9.86. The minimum Gasteiger partial charge on any atom is -0.340 e. The Kier molecular flexibility index (Phi) is 3.93. The van der Waals surface area contributed by atoms with E-state index in [4.69, 9.17) is 0 Å². The average molecular weight is 198 g/mol. The standard InChI is InChI=1S/C11H22N2O/c1-4-5-11(2,3)10(14)13-8-6-12-7-9-13/h12H,4-9H2,1-3H3. The normalized spacial score (nSPS) is 18.4. The van der Waals surface area contributed by atoms with Gasteiger partial charge in [-0.15, -0.1) is 0 Å². The molecule has 1 aliphatic rings. The molecule has 0 aromatic heterocycles. The lowest BCUT2D eigenvalue weighted by atomic mass is 9.86. The Balaban J connectivity index is 2.53. The van der Waals surface area contributed by atoms with Gasteiger partial charge in [-0.3, -0.25) is 4.79 Å². The molecule has 0 unspecified atom stereocenters. The van der Waals surface area contributed by atoms with Crippen molar-refractivity contribution in [3.8, 4) is 0 Å². The fraction of sp³-hybridized carbons (Fsp3) is 0.909. The van der Waals surface area contributed by atoms with E-state index >= 15 is 0 Å². The van der Waals surface area contributed by atoms with Crippen molar-refractivity contribution in [3.63, 3.8) is 0 Å². The predicted octanol–water partition coefficient (Wildman–Crippen LogP) is 1.24. The van der Waals surface area contributed by atoms with E-state index in [9.17, 15) is 4.79 Å². The summed E-state index contributed by atoms with van der Waals surface area (Å²) in [5.41, 5.74) is -0.175. The van der Waals surface area contributed by atoms with E-state index in [1.165, 1.54) is 0 Å². The van der Waals surface area contributed by atoms with E-state index in [2.05, 4.69) is 26.1 Å². The molecule has 3 nitrogen and oxygen atoms in total. The van der Waals surface area contributed by atoms with Gasteiger partial charge in [0.2, 0.25) is 5.91 Å². The van der Waals surface area contributed by atoms with Gasteiger partial charge in [0.1, 0.15) is 0 Å². The van der Waals surface area contributed by atoms with Gasteiger partial charge in [0.05, 0.1) is 0 Å². The van der Waals surface area contributed by atoms with Gasteiger partial charge < -0.3 is 10.2 Å². The van der Waals surface area contributed by atoms with E-state index in [0.29, 0.717) is 5.91 Å². The summed E-state index contributed by atoms with van der Waals surface area (Å²) >= 11 is 0. The van der Waals surface area contributed by atoms with Crippen LogP contribution in [0.1, 0.15) is 33.6 Å². The van der Waals surface area contributed by atoms with Gasteiger partial charge in [-0.05, 0) is 6.42 Å². The molecule has 1 saturated heterocycles. The largest absolute Gasteiger partial charge is 0.340 e. The topological polar surface area (TPSA) is 32.3 Å². The third kappa shape index (κ3) is 2.71. The number of piperazine rings is 1. The second-order valence-corrected chi connectivity index (χ2v) is 4.68. The highest BCUT2D eigenvalue weighted by atomic mass is 16.2. The highest BCUT2D eigenvalue weighted by Gasteiger charge is 2.31. The Morgan fingerprint density at radius 2 is 1.93 bits per heavy atom. The molecular formula is C11H22N2O. The third-order valence-corrected chi connectivity index (χ3v) is 2.86. The summed E-state index contributed by atoms with van der Waals surface area (Å²) in [5, 5.41) is 3.26. The monoisotopic (exact) mass is 198 g/mol. The summed E-state index contributed by atoms with van der Waals surface area (Å²) < 4.78 is 0. The molecule has 0 aliphatic carbocycles. The molecule has 1 heterocycles. The summed E-state index contributed by atoms with van der Waals surface area (Å²) in [4.78, 5) is 14.1. The molecular weight excluding hydrogens is 176 g/mol. The van der Waals surface area contributed by atoms with Gasteiger partial charge in [0, 0.05) is 31.6 Å². The number of nitrogens with zero attached hydrogens (tertiary/aromatic N) is 1. The van der Waals surface area contributed by atoms with Crippen molar-refractivity contribution in [2.24, 2.45) is 5.41 Å². The van der Waals surface area contributed by atoms with Crippen molar-refractivity contribution in [1.82, 2.24) is 10.2 Å². The molecule has 0 spiro atoms. The van der Waals surface area contributed by atoms with Crippen LogP contribution in [0.3, 0.4) is 0 Å². The van der Waals surface area contributed by atoms with E-state index in [-0.39, 0.29) is 5.41 Å². The molecule has 0 aromatic carbocycles. The van der Waals surface area contributed by atoms with Gasteiger partial charge in [-0.2, -0.15) is 0 Å². The maximum Gasteiger partial charge on any atom is 0.228 e. The lowest BCUT2D eigenvalue weighted by Crippen LogP contribution is -2.50. The van der Waals surface area contributed by atoms with E-state index in [1.807, 2.05) is 4.90 Å². The second-order valence-electron chi connectivity index (χ2n) is 4.68. The van der Waals surface area contributed by atoms with Crippen LogP contribution >= 0.6 is 0 Å². The fourth-order valence-corrected chi connectivity index (χ4v) is 2.03. The predicted molar refractivity (Wildman–Crippen MR) is 58.1 cm³/mol. The fourth-order valence-electron chi connectivity index (χ4n) is 2.03. The Morgan fingerprint density at radius 1 is 1.36 bits per heavy atom. The molecule has 1 N–H and O–H groups in total. The maximum atomic E-state index is 12.1. The van der Waals surface area contributed by atoms with Crippen molar-refractivity contribution in [2.75, 3.05) is 26.2 Å². The first-order valence-electron chi connectivity index (χ1n) is 5.58. The minimum absolute atomic E-state index is 0.175. The van der Waals surface area contributed by atoms with Gasteiger partial charge in [-0.25, -0.2) is 0 Å². The zero-order valence-electron chi connectivity index (χ0n) is 9.60. The van der Waals surface area contributed by atoms with Gasteiger partial charge in [0.15, 0.2) is 0 Å². The number of hydrogen-bond donors (Lipinski definition) is 1. The summed E-state index contributed by atoms with van der Waals surface area (Å²) in [5.74, 6) is 0.320. The van der Waals surface area contributed by atoms with Crippen LogP contribution in [0.15, 0.2) is 0 Å². The lowest BCUT2D eigenvalue weighted by Gasteiger charge is -2.34. The van der Waals surface area contributed by atoms with E-state index in [1.54, 1.807) is 0 Å². The third-order valence-electron chi connectivity index (χ3n) is 2.86. The number of rotatable bonds is 3. The number of carbonyl (C=O) groups is 1. The Bertz CT molecular complexity index is 195. The van der Waals surface area contributed by atoms with Crippen LogP contribution in [0.4, 0.5) is 0 Å². The number of amides is 1. The van der Waals surface area contributed by atoms with Crippen LogP contribution in [0, 0.1) is 5.41 Å². The smallest absolute Gasteiger partial charge is 0.228 e. The molecule has 1 rings (SSSR count). The number of carbonyl (C=O) groups excluding carboxylic acids is 1. The Hall–Kier alpha value is -0.570. The van der Waals surface area contributed by atoms with Crippen molar-refractivity contribution in [3.05, 3.63) is 0 Å². The average Bonchev–Trinajstić information content (AvgIpc) is 2.18. The summed E-state index contributed by atoms with van der Waals surface area (Å²) in [6.07, 6.45) is 2.06. The van der Waals surface area contributed by atoms with Crippen LogP contribution in [0.2, 0.25) is 0 Å². The summed E-state index contributed by atoms with van der Waals surface area (Å²) in [7, 11) is 0. The van der Waals surface area contributed by atoms with Crippen LogP contribution in [-0.4, -0.2) is 37.0 Å². The quantitative estimate of drug-likeness (QED) is 0.740. The maximum absolute atomic E-state index is 12.1. The van der Waals surface area contributed by atoms with Crippen molar-refractivity contribution >= 4 is 5.91 Å². The van der Waals surface area contributed by atoms with Crippen molar-refractivity contribution in [2.45, 2.75) is 33.6 Å². The molecule has 1 aliphatic heterocycles. The van der Waals surface area contributed by atoms with Gasteiger partial charge >= 0.3 is 0 Å². The molecule has 0 saturated carbocycles. The highest BCUT2D eigenvalue weighted by molar-refractivity contribution is 5.82. The Labute approximate surface area is 86.9 Å². The Morgan fingerprint density at radius 3 is 2.43 bits per heavy atom. The molecule has 82 valence electrons. The van der Waals surface area contributed by atoms with Crippen LogP contribution in [0.25, 0.3) is 0 Å². The molecule has 1 amide bonds. The van der Waals surface area contributed by atoms with Gasteiger partial charge in [0.25, 0.3) is 0 Å². The van der Waals surface area contributed by atoms with Crippen LogP contribution in [-0.2, 0) is 4.79 Å². The number of hydrogen-bond acceptors (Lipinski definition) is 2. The molecule has 14 heavy (non-hydrogen) atoms. The molecule has 0 atom stereocenters. The first-order valence-corrected chi connectivity index (χ1v) is 5.58. The number of nitrogens with one attached hydrogen (secondary N) is 1. The van der Waals surface area contributed by atoms with E-state index in [0.717, 1.165) is 39.0 Å². The van der Waals surface area contributed by atoms with E-state index < -0.39 is 0 Å². The summed E-state index contributed by atoms with van der Waals surface area (Å²) in [6, 6.07) is 0. The van der Waals surface area contributed by atoms with Crippen LogP contribution < -0.4 is 5.32 Å².